The molecule has 0 aliphatic carbocycles. The van der Waals surface area contributed by atoms with Gasteiger partial charge in [0.05, 0.1) is 0 Å². The molecule has 21 heavy (non-hydrogen) atoms. The van der Waals surface area contributed by atoms with E-state index in [4.69, 9.17) is 5.73 Å². The van der Waals surface area contributed by atoms with Crippen molar-refractivity contribution >= 4 is 11.9 Å². The summed E-state index contributed by atoms with van der Waals surface area (Å²) in [6.45, 7) is 3.14. The van der Waals surface area contributed by atoms with Gasteiger partial charge in [0.15, 0.2) is 0 Å². The highest BCUT2D eigenvalue weighted by molar-refractivity contribution is 5.34. The number of rotatable bonds is 4. The zero-order valence-corrected chi connectivity index (χ0v) is 12.1. The molecule has 1 fully saturated rings. The minimum atomic E-state index is 0.196. The van der Waals surface area contributed by atoms with Gasteiger partial charge in [0.1, 0.15) is 0 Å². The van der Waals surface area contributed by atoms with Gasteiger partial charge < -0.3 is 16.0 Å². The van der Waals surface area contributed by atoms with Gasteiger partial charge in [-0.05, 0) is 45.0 Å². The molecule has 0 aromatic carbocycles. The number of nitrogens with zero attached hydrogens (tertiary/aromatic N) is 6. The quantitative estimate of drug-likeness (QED) is 0.840. The van der Waals surface area contributed by atoms with Crippen molar-refractivity contribution in [3.8, 4) is 5.95 Å². The summed E-state index contributed by atoms with van der Waals surface area (Å²) in [6.07, 6.45) is 5.83. The van der Waals surface area contributed by atoms with Crippen LogP contribution in [0.15, 0.2) is 18.5 Å². The molecule has 3 N–H and O–H groups in total. The van der Waals surface area contributed by atoms with Crippen LogP contribution < -0.4 is 11.1 Å². The van der Waals surface area contributed by atoms with Crippen LogP contribution in [0.5, 0.6) is 0 Å². The summed E-state index contributed by atoms with van der Waals surface area (Å²) in [7, 11) is 2.16. The van der Waals surface area contributed by atoms with Crippen molar-refractivity contribution in [3.63, 3.8) is 0 Å². The molecule has 0 saturated carbocycles. The van der Waals surface area contributed by atoms with E-state index in [1.165, 1.54) is 12.8 Å². The molecule has 0 unspecified atom stereocenters. The second-order valence-corrected chi connectivity index (χ2v) is 5.40. The topological polar surface area (TPSA) is 97.8 Å². The van der Waals surface area contributed by atoms with Crippen molar-refractivity contribution in [2.24, 2.45) is 5.92 Å². The highest BCUT2D eigenvalue weighted by atomic mass is 15.4. The summed E-state index contributed by atoms with van der Waals surface area (Å²) in [5.41, 5.74) is 5.74. The van der Waals surface area contributed by atoms with Gasteiger partial charge in [-0.25, -0.2) is 4.68 Å². The molecular weight excluding hydrogens is 268 g/mol. The number of nitrogen functional groups attached to an aromatic ring is 1. The average Bonchev–Trinajstić information content (AvgIpc) is 3.00. The largest absolute Gasteiger partial charge is 0.368 e. The Balaban J connectivity index is 1.65. The zero-order chi connectivity index (χ0) is 14.7. The Labute approximate surface area is 123 Å². The molecule has 1 aliphatic heterocycles. The summed E-state index contributed by atoms with van der Waals surface area (Å²) in [6, 6.07) is 1.81. The van der Waals surface area contributed by atoms with Gasteiger partial charge in [-0.2, -0.15) is 20.1 Å². The lowest BCUT2D eigenvalue weighted by atomic mass is 9.97. The van der Waals surface area contributed by atoms with Gasteiger partial charge in [0.25, 0.3) is 5.95 Å². The van der Waals surface area contributed by atoms with Gasteiger partial charge in [0.2, 0.25) is 11.9 Å². The lowest BCUT2D eigenvalue weighted by Crippen LogP contribution is -2.33. The normalized spacial score (nSPS) is 17.0. The molecular formula is C13H20N8. The van der Waals surface area contributed by atoms with E-state index < -0.39 is 0 Å². The van der Waals surface area contributed by atoms with Crippen LogP contribution in [-0.2, 0) is 0 Å². The lowest BCUT2D eigenvalue weighted by Gasteiger charge is -2.28. The van der Waals surface area contributed by atoms with Crippen molar-refractivity contribution in [2.75, 3.05) is 37.7 Å². The first-order valence-corrected chi connectivity index (χ1v) is 7.14. The Kier molecular flexibility index (Phi) is 3.96. The SMILES string of the molecule is CN1CCC(CNc2nc(N)nc(-n3cccn3)n2)CC1. The molecule has 0 radical (unpaired) electrons. The molecule has 1 aliphatic rings. The van der Waals surface area contributed by atoms with Crippen LogP contribution in [0, 0.1) is 5.92 Å². The third kappa shape index (κ3) is 3.46. The fraction of sp³-hybridized carbons (Fsp3) is 0.538. The number of likely N-dealkylation sites (tertiary alicyclic amines) is 1. The highest BCUT2D eigenvalue weighted by Gasteiger charge is 2.17. The molecule has 0 amide bonds. The number of aromatic nitrogens is 5. The number of piperidine rings is 1. The molecule has 8 heteroatoms. The smallest absolute Gasteiger partial charge is 0.257 e. The van der Waals surface area contributed by atoms with E-state index in [0.717, 1.165) is 19.6 Å². The van der Waals surface area contributed by atoms with Crippen LogP contribution in [0.4, 0.5) is 11.9 Å². The first kappa shape index (κ1) is 13.7. The van der Waals surface area contributed by atoms with Crippen LogP contribution in [0.25, 0.3) is 5.95 Å². The van der Waals surface area contributed by atoms with Crippen molar-refractivity contribution in [1.29, 1.82) is 0 Å². The summed E-state index contributed by atoms with van der Waals surface area (Å²) >= 11 is 0. The molecule has 2 aromatic heterocycles. The van der Waals surface area contributed by atoms with Crippen LogP contribution in [-0.4, -0.2) is 56.3 Å². The number of hydrogen-bond donors (Lipinski definition) is 2. The Morgan fingerprint density at radius 1 is 1.29 bits per heavy atom. The predicted molar refractivity (Wildman–Crippen MR) is 80.1 cm³/mol. The van der Waals surface area contributed by atoms with E-state index in [2.05, 4.69) is 37.3 Å². The summed E-state index contributed by atoms with van der Waals surface area (Å²) in [5, 5.41) is 7.37. The fourth-order valence-electron chi connectivity index (χ4n) is 2.45. The van der Waals surface area contributed by atoms with Crippen LogP contribution in [0.2, 0.25) is 0 Å². The monoisotopic (exact) mass is 288 g/mol. The second-order valence-electron chi connectivity index (χ2n) is 5.40. The predicted octanol–water partition coefficient (Wildman–Crippen LogP) is 0.393. The van der Waals surface area contributed by atoms with Gasteiger partial charge in [-0.3, -0.25) is 0 Å². The van der Waals surface area contributed by atoms with E-state index in [9.17, 15) is 0 Å². The highest BCUT2D eigenvalue weighted by Crippen LogP contribution is 2.16. The molecule has 3 heterocycles. The van der Waals surface area contributed by atoms with Crippen molar-refractivity contribution in [2.45, 2.75) is 12.8 Å². The van der Waals surface area contributed by atoms with Crippen LogP contribution in [0.3, 0.4) is 0 Å². The van der Waals surface area contributed by atoms with E-state index in [-0.39, 0.29) is 5.95 Å². The number of hydrogen-bond acceptors (Lipinski definition) is 7. The third-order valence-corrected chi connectivity index (χ3v) is 3.74. The molecule has 0 bridgehead atoms. The summed E-state index contributed by atoms with van der Waals surface area (Å²) < 4.78 is 1.57. The minimum absolute atomic E-state index is 0.196. The molecule has 112 valence electrons. The first-order chi connectivity index (χ1) is 10.2. The molecule has 8 nitrogen and oxygen atoms in total. The third-order valence-electron chi connectivity index (χ3n) is 3.74. The van der Waals surface area contributed by atoms with Crippen LogP contribution >= 0.6 is 0 Å². The maximum absolute atomic E-state index is 5.74. The number of nitrogens with two attached hydrogens (primary N) is 1. The maximum atomic E-state index is 5.74. The van der Waals surface area contributed by atoms with E-state index in [0.29, 0.717) is 17.8 Å². The second kappa shape index (κ2) is 6.04. The van der Waals surface area contributed by atoms with Gasteiger partial charge in [-0.1, -0.05) is 0 Å². The van der Waals surface area contributed by atoms with Crippen molar-refractivity contribution in [1.82, 2.24) is 29.6 Å². The van der Waals surface area contributed by atoms with Crippen LogP contribution in [0.1, 0.15) is 12.8 Å². The molecule has 0 spiro atoms. The van der Waals surface area contributed by atoms with E-state index >= 15 is 0 Å². The molecule has 0 atom stereocenters. The Morgan fingerprint density at radius 3 is 2.81 bits per heavy atom. The molecule has 1 saturated heterocycles. The van der Waals surface area contributed by atoms with E-state index in [1.54, 1.807) is 17.1 Å². The minimum Gasteiger partial charge on any atom is -0.368 e. The van der Waals surface area contributed by atoms with Gasteiger partial charge >= 0.3 is 0 Å². The Hall–Kier alpha value is -2.22. The lowest BCUT2D eigenvalue weighted by molar-refractivity contribution is 0.226. The molecule has 3 rings (SSSR count). The number of nitrogens with one attached hydrogen (secondary N) is 1. The summed E-state index contributed by atoms with van der Waals surface area (Å²) in [4.78, 5) is 14.9. The Morgan fingerprint density at radius 2 is 2.10 bits per heavy atom. The maximum Gasteiger partial charge on any atom is 0.257 e. The molecule has 2 aromatic rings. The van der Waals surface area contributed by atoms with Gasteiger partial charge in [-0.15, -0.1) is 0 Å². The number of anilines is 2. The summed E-state index contributed by atoms with van der Waals surface area (Å²) in [5.74, 6) is 1.78. The fourth-order valence-corrected chi connectivity index (χ4v) is 2.45. The standard InChI is InChI=1S/C13H20N8/c1-20-7-3-10(4-8-20)9-15-12-17-11(14)18-13(19-12)21-6-2-5-16-21/h2,5-6,10H,3-4,7-9H2,1H3,(H3,14,15,17,18,19). The van der Waals surface area contributed by atoms with Gasteiger partial charge in [0, 0.05) is 18.9 Å². The van der Waals surface area contributed by atoms with Crippen molar-refractivity contribution in [3.05, 3.63) is 18.5 Å². The average molecular weight is 288 g/mol. The zero-order valence-electron chi connectivity index (χ0n) is 12.1. The van der Waals surface area contributed by atoms with E-state index in [1.807, 2.05) is 6.07 Å². The Bertz CT molecular complexity index is 574. The first-order valence-electron chi connectivity index (χ1n) is 7.14. The van der Waals surface area contributed by atoms with Crippen molar-refractivity contribution < 1.29 is 0 Å².